The minimum atomic E-state index is -0.793. The van der Waals surface area contributed by atoms with Crippen molar-refractivity contribution in [1.82, 2.24) is 0 Å². The van der Waals surface area contributed by atoms with Crippen LogP contribution in [0.1, 0.15) is 53.5 Å². The van der Waals surface area contributed by atoms with Gasteiger partial charge in [0, 0.05) is 17.1 Å². The lowest BCUT2D eigenvalue weighted by atomic mass is 9.80. The highest BCUT2D eigenvalue weighted by Gasteiger charge is 2.45. The maximum atomic E-state index is 13.0. The number of ketones is 1. The predicted octanol–water partition coefficient (Wildman–Crippen LogP) is 5.46. The Balaban J connectivity index is 1.69. The fraction of sp³-hybridized carbons (Fsp3) is 0.417. The minimum Gasteiger partial charge on any atom is -0.458 e. The van der Waals surface area contributed by atoms with Crippen LogP contribution in [0.5, 0.6) is 0 Å². The highest BCUT2D eigenvalue weighted by Crippen LogP contribution is 2.38. The number of Topliss-reactive ketones (excluding diaryl/α,β-unsaturated/α-hetero) is 1. The summed E-state index contributed by atoms with van der Waals surface area (Å²) >= 11 is 1.72. The minimum absolute atomic E-state index is 0.0332. The monoisotopic (exact) mass is 396 g/mol. The van der Waals surface area contributed by atoms with Gasteiger partial charge < -0.3 is 4.74 Å². The molecule has 0 aromatic heterocycles. The lowest BCUT2D eigenvalue weighted by Gasteiger charge is -2.36. The largest absolute Gasteiger partial charge is 0.458 e. The van der Waals surface area contributed by atoms with Gasteiger partial charge in [0.2, 0.25) is 0 Å². The van der Waals surface area contributed by atoms with E-state index in [4.69, 9.17) is 4.74 Å². The predicted molar refractivity (Wildman–Crippen MR) is 114 cm³/mol. The van der Waals surface area contributed by atoms with Crippen molar-refractivity contribution >= 4 is 23.5 Å². The average molecular weight is 397 g/mol. The van der Waals surface area contributed by atoms with E-state index in [0.717, 1.165) is 28.0 Å². The van der Waals surface area contributed by atoms with Crippen LogP contribution in [0, 0.1) is 27.7 Å². The first-order chi connectivity index (χ1) is 13.2. The van der Waals surface area contributed by atoms with E-state index in [9.17, 15) is 9.59 Å². The van der Waals surface area contributed by atoms with E-state index in [2.05, 4.69) is 31.2 Å². The number of benzene rings is 2. The van der Waals surface area contributed by atoms with Crippen LogP contribution in [0.25, 0.3) is 0 Å². The molecule has 1 fully saturated rings. The van der Waals surface area contributed by atoms with Crippen LogP contribution in [-0.4, -0.2) is 23.1 Å². The Labute approximate surface area is 171 Å². The quantitative estimate of drug-likeness (QED) is 0.382. The molecule has 2 aromatic rings. The summed E-state index contributed by atoms with van der Waals surface area (Å²) in [6, 6.07) is 12.4. The third-order valence-corrected chi connectivity index (χ3v) is 6.41. The van der Waals surface area contributed by atoms with Crippen molar-refractivity contribution in [3.63, 3.8) is 0 Å². The van der Waals surface area contributed by atoms with Gasteiger partial charge in [0.25, 0.3) is 0 Å². The Bertz CT molecular complexity index is 858. The molecule has 4 heteroatoms. The van der Waals surface area contributed by atoms with E-state index in [-0.39, 0.29) is 12.2 Å². The molecule has 3 nitrogen and oxygen atoms in total. The number of ether oxygens (including phenoxy) is 1. The maximum Gasteiger partial charge on any atom is 0.321 e. The van der Waals surface area contributed by atoms with E-state index in [1.165, 1.54) is 10.5 Å². The zero-order valence-electron chi connectivity index (χ0n) is 17.3. The second-order valence-corrected chi connectivity index (χ2v) is 9.34. The molecule has 2 aromatic carbocycles. The molecule has 1 saturated heterocycles. The van der Waals surface area contributed by atoms with Crippen molar-refractivity contribution in [1.29, 1.82) is 0 Å². The maximum absolute atomic E-state index is 13.0. The first-order valence-corrected chi connectivity index (χ1v) is 10.7. The number of thioether (sulfide) groups is 1. The summed E-state index contributed by atoms with van der Waals surface area (Å²) < 4.78 is 5.84. The summed E-state index contributed by atoms with van der Waals surface area (Å²) in [5, 5.41) is 0. The standard InChI is InChI=1S/C24H28O3S/c1-15-6-8-19(9-7-15)28-11-10-24(5)14-20(25)22(23(26)27-24)21-17(3)12-16(2)13-18(21)4/h6-9,12-13,22H,10-11,14H2,1-5H3. The molecular formula is C24H28O3S. The van der Waals surface area contributed by atoms with Crippen molar-refractivity contribution in [2.24, 2.45) is 0 Å². The number of hydrogen-bond donors (Lipinski definition) is 0. The van der Waals surface area contributed by atoms with E-state index in [1.807, 2.05) is 39.8 Å². The molecule has 0 aliphatic carbocycles. The molecular weight excluding hydrogens is 368 g/mol. The number of esters is 1. The number of hydrogen-bond acceptors (Lipinski definition) is 4. The lowest BCUT2D eigenvalue weighted by Crippen LogP contribution is -2.45. The normalized spacial score (nSPS) is 22.2. The van der Waals surface area contributed by atoms with Gasteiger partial charge in [-0.25, -0.2) is 0 Å². The zero-order valence-corrected chi connectivity index (χ0v) is 18.1. The van der Waals surface area contributed by atoms with Gasteiger partial charge in [0.1, 0.15) is 11.5 Å². The summed E-state index contributed by atoms with van der Waals surface area (Å²) in [7, 11) is 0. The summed E-state index contributed by atoms with van der Waals surface area (Å²) in [5.41, 5.74) is 4.41. The number of cyclic esters (lactones) is 1. The van der Waals surface area contributed by atoms with Crippen molar-refractivity contribution in [3.8, 4) is 0 Å². The first kappa shape index (κ1) is 20.7. The average Bonchev–Trinajstić information content (AvgIpc) is 2.58. The van der Waals surface area contributed by atoms with Gasteiger partial charge in [-0.1, -0.05) is 35.4 Å². The zero-order chi connectivity index (χ0) is 20.5. The molecule has 1 aliphatic rings. The molecule has 2 unspecified atom stereocenters. The molecule has 0 N–H and O–H groups in total. The molecule has 148 valence electrons. The summed E-state index contributed by atoms with van der Waals surface area (Å²) in [5.74, 6) is -0.436. The van der Waals surface area contributed by atoms with Crippen molar-refractivity contribution in [2.75, 3.05) is 5.75 Å². The molecule has 0 amide bonds. The van der Waals surface area contributed by atoms with Crippen molar-refractivity contribution in [3.05, 3.63) is 64.2 Å². The molecule has 28 heavy (non-hydrogen) atoms. The van der Waals surface area contributed by atoms with E-state index in [0.29, 0.717) is 6.42 Å². The fourth-order valence-electron chi connectivity index (χ4n) is 4.02. The topological polar surface area (TPSA) is 43.4 Å². The van der Waals surface area contributed by atoms with Crippen molar-refractivity contribution in [2.45, 2.75) is 63.9 Å². The van der Waals surface area contributed by atoms with Gasteiger partial charge >= 0.3 is 5.97 Å². The molecule has 3 rings (SSSR count). The second-order valence-electron chi connectivity index (χ2n) is 8.17. The molecule has 1 aliphatic heterocycles. The third kappa shape index (κ3) is 4.49. The van der Waals surface area contributed by atoms with Crippen LogP contribution in [-0.2, 0) is 14.3 Å². The molecule has 0 bridgehead atoms. The van der Waals surface area contributed by atoms with Crippen LogP contribution in [0.2, 0.25) is 0 Å². The highest BCUT2D eigenvalue weighted by atomic mass is 32.2. The Morgan fingerprint density at radius 2 is 1.61 bits per heavy atom. The van der Waals surface area contributed by atoms with Gasteiger partial charge in [-0.3, -0.25) is 9.59 Å². The second kappa shape index (κ2) is 8.12. The van der Waals surface area contributed by atoms with Crippen LogP contribution in [0.4, 0.5) is 0 Å². The van der Waals surface area contributed by atoms with Gasteiger partial charge in [0.15, 0.2) is 5.78 Å². The Morgan fingerprint density at radius 1 is 1.00 bits per heavy atom. The lowest BCUT2D eigenvalue weighted by molar-refractivity contribution is -0.171. The Kier molecular flexibility index (Phi) is 5.99. The molecule has 0 radical (unpaired) electrons. The van der Waals surface area contributed by atoms with Crippen molar-refractivity contribution < 1.29 is 14.3 Å². The number of rotatable bonds is 5. The van der Waals surface area contributed by atoms with Gasteiger partial charge in [0.05, 0.1) is 0 Å². The highest BCUT2D eigenvalue weighted by molar-refractivity contribution is 7.99. The summed E-state index contributed by atoms with van der Waals surface area (Å²) in [6.07, 6.45) is 0.923. The van der Waals surface area contributed by atoms with E-state index < -0.39 is 17.5 Å². The summed E-state index contributed by atoms with van der Waals surface area (Å²) in [4.78, 5) is 27.0. The molecule has 2 atom stereocenters. The summed E-state index contributed by atoms with van der Waals surface area (Å²) in [6.45, 7) is 9.89. The molecule has 0 spiro atoms. The number of carbonyl (C=O) groups excluding carboxylic acids is 2. The molecule has 0 saturated carbocycles. The van der Waals surface area contributed by atoms with Gasteiger partial charge in [-0.05, 0) is 69.9 Å². The number of carbonyl (C=O) groups is 2. The Hall–Kier alpha value is -2.07. The Morgan fingerprint density at radius 3 is 2.18 bits per heavy atom. The smallest absolute Gasteiger partial charge is 0.321 e. The molecule has 1 heterocycles. The number of aryl methyl sites for hydroxylation is 4. The van der Waals surface area contributed by atoms with E-state index >= 15 is 0 Å². The SMILES string of the molecule is Cc1ccc(SCCC2(C)CC(=O)C(c3c(C)cc(C)cc3C)C(=O)O2)cc1. The first-order valence-electron chi connectivity index (χ1n) is 9.71. The van der Waals surface area contributed by atoms with Crippen LogP contribution in [0.15, 0.2) is 41.3 Å². The van der Waals surface area contributed by atoms with Crippen LogP contribution < -0.4 is 0 Å². The fourth-order valence-corrected chi connectivity index (χ4v) is 5.12. The van der Waals surface area contributed by atoms with Crippen LogP contribution >= 0.6 is 11.8 Å². The van der Waals surface area contributed by atoms with Gasteiger partial charge in [-0.2, -0.15) is 0 Å². The third-order valence-electron chi connectivity index (χ3n) is 5.40. The van der Waals surface area contributed by atoms with Gasteiger partial charge in [-0.15, -0.1) is 11.8 Å². The van der Waals surface area contributed by atoms with E-state index in [1.54, 1.807) is 11.8 Å². The van der Waals surface area contributed by atoms with Crippen LogP contribution in [0.3, 0.4) is 0 Å².